The van der Waals surface area contributed by atoms with Gasteiger partial charge in [0.15, 0.2) is 0 Å². The third-order valence-electron chi connectivity index (χ3n) is 5.26. The molecule has 2 aromatic carbocycles. The van der Waals surface area contributed by atoms with E-state index in [4.69, 9.17) is 0 Å². The molecule has 0 atom stereocenters. The van der Waals surface area contributed by atoms with E-state index in [0.29, 0.717) is 5.92 Å². The van der Waals surface area contributed by atoms with Crippen LogP contribution in [-0.4, -0.2) is 9.78 Å². The lowest BCUT2D eigenvalue weighted by Crippen LogP contribution is -2.05. The summed E-state index contributed by atoms with van der Waals surface area (Å²) in [5.74, 6) is 0.547. The molecule has 2 nitrogen and oxygen atoms in total. The molecule has 3 rings (SSSR count). The van der Waals surface area contributed by atoms with Crippen LogP contribution in [0, 0.1) is 20.8 Å². The largest absolute Gasteiger partial charge is 0.240 e. The van der Waals surface area contributed by atoms with Crippen molar-refractivity contribution in [2.75, 3.05) is 0 Å². The Morgan fingerprint density at radius 1 is 0.840 bits per heavy atom. The summed E-state index contributed by atoms with van der Waals surface area (Å²) in [5, 5.41) is 4.64. The van der Waals surface area contributed by atoms with Gasteiger partial charge in [-0.2, -0.15) is 5.10 Å². The van der Waals surface area contributed by atoms with Crippen LogP contribution in [0.25, 0.3) is 16.8 Å². The van der Waals surface area contributed by atoms with Crippen molar-refractivity contribution in [3.05, 3.63) is 71.0 Å². The van der Waals surface area contributed by atoms with E-state index in [0.717, 1.165) is 18.5 Å². The van der Waals surface area contributed by atoms with Crippen LogP contribution < -0.4 is 0 Å². The molecule has 0 aliphatic heterocycles. The Hall–Kier alpha value is -2.35. The van der Waals surface area contributed by atoms with Crippen LogP contribution in [0.2, 0.25) is 0 Å². The lowest BCUT2D eigenvalue weighted by atomic mass is 9.89. The van der Waals surface area contributed by atoms with E-state index < -0.39 is 0 Å². The van der Waals surface area contributed by atoms with E-state index in [1.54, 1.807) is 0 Å². The molecule has 1 aromatic heterocycles. The fourth-order valence-electron chi connectivity index (χ4n) is 3.47. The minimum absolute atomic E-state index is 0.547. The molecule has 0 aliphatic carbocycles. The smallest absolute Gasteiger partial charge is 0.0680 e. The van der Waals surface area contributed by atoms with Crippen LogP contribution in [0.15, 0.2) is 48.7 Å². The maximum absolute atomic E-state index is 4.64. The Bertz CT molecular complexity index is 870. The molecule has 130 valence electrons. The molecule has 0 spiro atoms. The molecular weight excluding hydrogens is 304 g/mol. The van der Waals surface area contributed by atoms with Crippen LogP contribution in [-0.2, 0) is 0 Å². The molecule has 2 heteroatoms. The SMILES string of the molecule is CCC(CC)c1cc(-c2ccc(C)c(C)c2)ccc1-n1ccc(C)n1. The van der Waals surface area contributed by atoms with Gasteiger partial charge in [0, 0.05) is 6.20 Å². The summed E-state index contributed by atoms with van der Waals surface area (Å²) in [6.45, 7) is 10.9. The Morgan fingerprint density at radius 3 is 2.12 bits per heavy atom. The van der Waals surface area contributed by atoms with Gasteiger partial charge >= 0.3 is 0 Å². The third-order valence-corrected chi connectivity index (χ3v) is 5.26. The van der Waals surface area contributed by atoms with E-state index in [2.05, 4.69) is 81.5 Å². The van der Waals surface area contributed by atoms with E-state index >= 15 is 0 Å². The number of rotatable bonds is 5. The molecule has 0 N–H and O–H groups in total. The van der Waals surface area contributed by atoms with Gasteiger partial charge in [-0.1, -0.05) is 38.1 Å². The van der Waals surface area contributed by atoms with Crippen LogP contribution in [0.5, 0.6) is 0 Å². The quantitative estimate of drug-likeness (QED) is 0.531. The zero-order valence-corrected chi connectivity index (χ0v) is 16.0. The number of benzene rings is 2. The average Bonchev–Trinajstić information content (AvgIpc) is 3.04. The Labute approximate surface area is 151 Å². The standard InChI is InChI=1S/C23H28N2/c1-6-19(7-2)22-15-21(20-9-8-16(3)17(4)14-20)10-11-23(22)25-13-12-18(5)24-25/h8-15,19H,6-7H2,1-5H3. The third kappa shape index (κ3) is 3.53. The number of nitrogens with zero attached hydrogens (tertiary/aromatic N) is 2. The normalized spacial score (nSPS) is 11.3. The Kier molecular flexibility index (Phi) is 5.08. The predicted octanol–water partition coefficient (Wildman–Crippen LogP) is 6.37. The molecular formula is C23H28N2. The van der Waals surface area contributed by atoms with E-state index in [-0.39, 0.29) is 0 Å². The first-order valence-electron chi connectivity index (χ1n) is 9.27. The maximum Gasteiger partial charge on any atom is 0.0680 e. The molecule has 0 amide bonds. The monoisotopic (exact) mass is 332 g/mol. The summed E-state index contributed by atoms with van der Waals surface area (Å²) in [5.41, 5.74) is 8.91. The number of aryl methyl sites for hydroxylation is 3. The molecule has 0 bridgehead atoms. The molecule has 0 saturated carbocycles. The van der Waals surface area contributed by atoms with E-state index in [1.807, 2.05) is 11.6 Å². The van der Waals surface area contributed by atoms with Crippen molar-refractivity contribution >= 4 is 0 Å². The van der Waals surface area contributed by atoms with Crippen LogP contribution in [0.4, 0.5) is 0 Å². The van der Waals surface area contributed by atoms with Gasteiger partial charge < -0.3 is 0 Å². The first-order valence-corrected chi connectivity index (χ1v) is 9.27. The zero-order valence-electron chi connectivity index (χ0n) is 16.0. The first-order chi connectivity index (χ1) is 12.0. The van der Waals surface area contributed by atoms with E-state index in [1.165, 1.54) is 33.5 Å². The van der Waals surface area contributed by atoms with Gasteiger partial charge in [-0.25, -0.2) is 4.68 Å². The first kappa shape index (κ1) is 17.5. The Morgan fingerprint density at radius 2 is 1.52 bits per heavy atom. The number of hydrogen-bond acceptors (Lipinski definition) is 1. The van der Waals surface area contributed by atoms with Gasteiger partial charge in [0.25, 0.3) is 0 Å². The zero-order chi connectivity index (χ0) is 18.0. The average molecular weight is 332 g/mol. The van der Waals surface area contributed by atoms with Gasteiger partial charge in [-0.05, 0) is 85.5 Å². The lowest BCUT2D eigenvalue weighted by Gasteiger charge is -2.19. The second-order valence-electron chi connectivity index (χ2n) is 6.99. The number of hydrogen-bond donors (Lipinski definition) is 0. The van der Waals surface area contributed by atoms with Crippen molar-refractivity contribution in [1.82, 2.24) is 9.78 Å². The molecule has 0 fully saturated rings. The highest BCUT2D eigenvalue weighted by atomic mass is 15.3. The second kappa shape index (κ2) is 7.26. The fraction of sp³-hybridized carbons (Fsp3) is 0.348. The highest BCUT2D eigenvalue weighted by Crippen LogP contribution is 2.33. The van der Waals surface area contributed by atoms with Gasteiger partial charge in [-0.3, -0.25) is 0 Å². The molecule has 25 heavy (non-hydrogen) atoms. The van der Waals surface area contributed by atoms with Crippen molar-refractivity contribution in [3.8, 4) is 16.8 Å². The second-order valence-corrected chi connectivity index (χ2v) is 6.99. The lowest BCUT2D eigenvalue weighted by molar-refractivity contribution is 0.634. The fourth-order valence-corrected chi connectivity index (χ4v) is 3.47. The highest BCUT2D eigenvalue weighted by Gasteiger charge is 2.15. The van der Waals surface area contributed by atoms with Gasteiger partial charge in [0.1, 0.15) is 0 Å². The van der Waals surface area contributed by atoms with Crippen molar-refractivity contribution in [3.63, 3.8) is 0 Å². The molecule has 1 heterocycles. The minimum Gasteiger partial charge on any atom is -0.240 e. The van der Waals surface area contributed by atoms with Crippen LogP contribution in [0.3, 0.4) is 0 Å². The minimum atomic E-state index is 0.547. The van der Waals surface area contributed by atoms with Gasteiger partial charge in [-0.15, -0.1) is 0 Å². The van der Waals surface area contributed by atoms with Gasteiger partial charge in [0.2, 0.25) is 0 Å². The summed E-state index contributed by atoms with van der Waals surface area (Å²) >= 11 is 0. The Balaban J connectivity index is 2.13. The molecule has 0 unspecified atom stereocenters. The van der Waals surface area contributed by atoms with Crippen molar-refractivity contribution in [1.29, 1.82) is 0 Å². The summed E-state index contributed by atoms with van der Waals surface area (Å²) in [6, 6.07) is 15.6. The predicted molar refractivity (Wildman–Crippen MR) is 107 cm³/mol. The molecule has 0 aliphatic rings. The topological polar surface area (TPSA) is 17.8 Å². The van der Waals surface area contributed by atoms with Gasteiger partial charge in [0.05, 0.1) is 11.4 Å². The summed E-state index contributed by atoms with van der Waals surface area (Å²) in [6.07, 6.45) is 4.34. The summed E-state index contributed by atoms with van der Waals surface area (Å²) < 4.78 is 2.02. The van der Waals surface area contributed by atoms with Crippen molar-refractivity contribution < 1.29 is 0 Å². The summed E-state index contributed by atoms with van der Waals surface area (Å²) in [4.78, 5) is 0. The summed E-state index contributed by atoms with van der Waals surface area (Å²) in [7, 11) is 0. The highest BCUT2D eigenvalue weighted by molar-refractivity contribution is 5.68. The number of aromatic nitrogens is 2. The molecule has 0 radical (unpaired) electrons. The van der Waals surface area contributed by atoms with Crippen molar-refractivity contribution in [2.24, 2.45) is 0 Å². The molecule has 3 aromatic rings. The van der Waals surface area contributed by atoms with Crippen molar-refractivity contribution in [2.45, 2.75) is 53.4 Å². The van der Waals surface area contributed by atoms with E-state index in [9.17, 15) is 0 Å². The van der Waals surface area contributed by atoms with Crippen LogP contribution >= 0.6 is 0 Å². The maximum atomic E-state index is 4.64. The molecule has 0 saturated heterocycles. The van der Waals surface area contributed by atoms with Crippen LogP contribution in [0.1, 0.15) is 55.0 Å².